The van der Waals surface area contributed by atoms with E-state index in [0.717, 1.165) is 24.5 Å². The van der Waals surface area contributed by atoms with Gasteiger partial charge in [0.15, 0.2) is 5.82 Å². The van der Waals surface area contributed by atoms with E-state index in [1.54, 1.807) is 18.4 Å². The Morgan fingerprint density at radius 1 is 1.33 bits per heavy atom. The monoisotopic (exact) mass is 306 g/mol. The molecular weight excluding hydrogens is 284 g/mol. The predicted octanol–water partition coefficient (Wildman–Crippen LogP) is 3.68. The van der Waals surface area contributed by atoms with Crippen LogP contribution in [0.15, 0.2) is 23.6 Å². The van der Waals surface area contributed by atoms with E-state index in [-0.39, 0.29) is 6.04 Å². The van der Waals surface area contributed by atoms with Crippen LogP contribution in [0.5, 0.6) is 0 Å². The maximum atomic E-state index is 5.13. The zero-order valence-corrected chi connectivity index (χ0v) is 13.5. The van der Waals surface area contributed by atoms with E-state index in [1.165, 1.54) is 4.88 Å². The van der Waals surface area contributed by atoms with Crippen LogP contribution in [0.4, 0.5) is 11.6 Å². The minimum absolute atomic E-state index is 0.282. The zero-order valence-electron chi connectivity index (χ0n) is 12.7. The quantitative estimate of drug-likeness (QED) is 0.779. The predicted molar refractivity (Wildman–Crippen MR) is 87.9 cm³/mol. The summed E-state index contributed by atoms with van der Waals surface area (Å²) in [5.74, 6) is 2.29. The Labute approximate surface area is 129 Å². The highest BCUT2D eigenvalue weighted by Gasteiger charge is 2.13. The first kappa shape index (κ1) is 15.7. The maximum absolute atomic E-state index is 5.13. The summed E-state index contributed by atoms with van der Waals surface area (Å²) in [7, 11) is 3.50. The number of rotatable bonds is 8. The zero-order chi connectivity index (χ0) is 15.1. The van der Waals surface area contributed by atoms with E-state index >= 15 is 0 Å². The number of anilines is 2. The number of hydrogen-bond acceptors (Lipinski definition) is 6. The first-order valence-electron chi connectivity index (χ1n) is 7.11. The molecule has 0 amide bonds. The fourth-order valence-corrected chi connectivity index (χ4v) is 2.95. The smallest absolute Gasteiger partial charge is 0.158 e. The second-order valence-electron chi connectivity index (χ2n) is 4.74. The molecule has 2 N–H and O–H groups in total. The topological polar surface area (TPSA) is 59.1 Å². The Balaban J connectivity index is 2.21. The van der Waals surface area contributed by atoms with Gasteiger partial charge in [0.25, 0.3) is 0 Å². The van der Waals surface area contributed by atoms with Gasteiger partial charge in [0.05, 0.1) is 6.04 Å². The number of nitrogens with zero attached hydrogens (tertiary/aromatic N) is 2. The fraction of sp³-hybridized carbons (Fsp3) is 0.467. The molecular formula is C15H22N4OS. The third kappa shape index (κ3) is 4.41. The van der Waals surface area contributed by atoms with Gasteiger partial charge in [-0.1, -0.05) is 19.4 Å². The van der Waals surface area contributed by atoms with Crippen molar-refractivity contribution in [3.63, 3.8) is 0 Å². The van der Waals surface area contributed by atoms with Crippen LogP contribution in [0, 0.1) is 0 Å². The summed E-state index contributed by atoms with van der Waals surface area (Å²) in [6, 6.07) is 6.45. The van der Waals surface area contributed by atoms with Gasteiger partial charge in [0, 0.05) is 25.1 Å². The number of ether oxygens (including phenoxy) is 1. The van der Waals surface area contributed by atoms with Crippen LogP contribution in [0.3, 0.4) is 0 Å². The van der Waals surface area contributed by atoms with Gasteiger partial charge in [-0.25, -0.2) is 9.97 Å². The van der Waals surface area contributed by atoms with Crippen molar-refractivity contribution in [3.05, 3.63) is 34.3 Å². The molecule has 5 nitrogen and oxygen atoms in total. The molecule has 2 heterocycles. The molecule has 0 fully saturated rings. The summed E-state index contributed by atoms with van der Waals surface area (Å²) in [6.45, 7) is 2.60. The molecule has 0 saturated heterocycles. The van der Waals surface area contributed by atoms with E-state index in [2.05, 4.69) is 45.0 Å². The van der Waals surface area contributed by atoms with Crippen LogP contribution in [0.2, 0.25) is 0 Å². The molecule has 0 spiro atoms. The van der Waals surface area contributed by atoms with Crippen LogP contribution in [-0.2, 0) is 11.3 Å². The molecule has 2 aromatic heterocycles. The Kier molecular flexibility index (Phi) is 5.95. The normalized spacial score (nSPS) is 12.1. The van der Waals surface area contributed by atoms with Gasteiger partial charge >= 0.3 is 0 Å². The molecule has 0 aromatic carbocycles. The molecule has 6 heteroatoms. The second kappa shape index (κ2) is 7.95. The Bertz CT molecular complexity index is 545. The van der Waals surface area contributed by atoms with Crippen molar-refractivity contribution in [3.8, 4) is 0 Å². The minimum atomic E-state index is 0.282. The molecule has 2 aromatic rings. The third-order valence-electron chi connectivity index (χ3n) is 3.09. The van der Waals surface area contributed by atoms with Crippen LogP contribution in [-0.4, -0.2) is 24.1 Å². The molecule has 0 aliphatic carbocycles. The lowest BCUT2D eigenvalue weighted by molar-refractivity contribution is 0.178. The van der Waals surface area contributed by atoms with Crippen molar-refractivity contribution in [2.24, 2.45) is 0 Å². The Morgan fingerprint density at radius 2 is 2.14 bits per heavy atom. The SMILES string of the molecule is CCCC(Nc1cc(NC)nc(COC)n1)c1cccs1. The standard InChI is InChI=1S/C15H22N4OS/c1-4-6-11(12-7-5-8-21-12)17-14-9-13(16-2)18-15(19-14)10-20-3/h5,7-9,11H,4,6,10H2,1-3H3,(H2,16,17,18,19). The van der Waals surface area contributed by atoms with Crippen molar-refractivity contribution in [2.75, 3.05) is 24.8 Å². The Hall–Kier alpha value is -1.66. The molecule has 21 heavy (non-hydrogen) atoms. The number of thiophene rings is 1. The van der Waals surface area contributed by atoms with E-state index < -0.39 is 0 Å². The largest absolute Gasteiger partial charge is 0.377 e. The Morgan fingerprint density at radius 3 is 2.76 bits per heavy atom. The van der Waals surface area contributed by atoms with Crippen LogP contribution < -0.4 is 10.6 Å². The molecule has 2 rings (SSSR count). The van der Waals surface area contributed by atoms with Crippen molar-refractivity contribution in [1.82, 2.24) is 9.97 Å². The average molecular weight is 306 g/mol. The van der Waals surface area contributed by atoms with Gasteiger partial charge in [-0.3, -0.25) is 0 Å². The van der Waals surface area contributed by atoms with E-state index in [4.69, 9.17) is 4.74 Å². The van der Waals surface area contributed by atoms with Crippen LogP contribution in [0.25, 0.3) is 0 Å². The van der Waals surface area contributed by atoms with E-state index in [1.807, 2.05) is 13.1 Å². The van der Waals surface area contributed by atoms with Crippen LogP contribution in [0.1, 0.15) is 36.5 Å². The number of nitrogens with one attached hydrogen (secondary N) is 2. The molecule has 0 bridgehead atoms. The van der Waals surface area contributed by atoms with Gasteiger partial charge in [-0.2, -0.15) is 0 Å². The van der Waals surface area contributed by atoms with Gasteiger partial charge in [-0.15, -0.1) is 11.3 Å². The summed E-state index contributed by atoms with van der Waals surface area (Å²) in [4.78, 5) is 10.2. The van der Waals surface area contributed by atoms with E-state index in [9.17, 15) is 0 Å². The van der Waals surface area contributed by atoms with Crippen molar-refractivity contribution in [1.29, 1.82) is 0 Å². The summed E-state index contributed by atoms with van der Waals surface area (Å²) < 4.78 is 5.13. The number of aromatic nitrogens is 2. The minimum Gasteiger partial charge on any atom is -0.377 e. The average Bonchev–Trinajstić information content (AvgIpc) is 3.01. The molecule has 0 saturated carbocycles. The summed E-state index contributed by atoms with van der Waals surface area (Å²) >= 11 is 1.77. The van der Waals surface area contributed by atoms with Crippen molar-refractivity contribution < 1.29 is 4.74 Å². The maximum Gasteiger partial charge on any atom is 0.158 e. The van der Waals surface area contributed by atoms with Gasteiger partial charge < -0.3 is 15.4 Å². The van der Waals surface area contributed by atoms with Gasteiger partial charge in [0.2, 0.25) is 0 Å². The highest BCUT2D eigenvalue weighted by molar-refractivity contribution is 7.10. The molecule has 114 valence electrons. The first-order chi connectivity index (χ1) is 10.3. The highest BCUT2D eigenvalue weighted by atomic mass is 32.1. The van der Waals surface area contributed by atoms with Crippen molar-refractivity contribution in [2.45, 2.75) is 32.4 Å². The fourth-order valence-electron chi connectivity index (χ4n) is 2.14. The van der Waals surface area contributed by atoms with Crippen LogP contribution >= 0.6 is 11.3 Å². The summed E-state index contributed by atoms with van der Waals surface area (Å²) in [5.41, 5.74) is 0. The van der Waals surface area contributed by atoms with E-state index in [0.29, 0.717) is 12.4 Å². The second-order valence-corrected chi connectivity index (χ2v) is 5.72. The van der Waals surface area contributed by atoms with Crippen molar-refractivity contribution >= 4 is 23.0 Å². The molecule has 0 aliphatic rings. The lowest BCUT2D eigenvalue weighted by Gasteiger charge is -2.18. The third-order valence-corrected chi connectivity index (χ3v) is 4.07. The number of methoxy groups -OCH3 is 1. The lowest BCUT2D eigenvalue weighted by atomic mass is 10.1. The van der Waals surface area contributed by atoms with Gasteiger partial charge in [-0.05, 0) is 17.9 Å². The molecule has 1 atom stereocenters. The number of hydrogen-bond donors (Lipinski definition) is 2. The summed E-state index contributed by atoms with van der Waals surface area (Å²) in [5, 5.41) is 8.69. The molecule has 0 aliphatic heterocycles. The summed E-state index contributed by atoms with van der Waals surface area (Å²) in [6.07, 6.45) is 2.18. The first-order valence-corrected chi connectivity index (χ1v) is 7.99. The lowest BCUT2D eigenvalue weighted by Crippen LogP contribution is -2.12. The van der Waals surface area contributed by atoms with Gasteiger partial charge in [0.1, 0.15) is 18.2 Å². The molecule has 0 radical (unpaired) electrons. The molecule has 1 unspecified atom stereocenters. The highest BCUT2D eigenvalue weighted by Crippen LogP contribution is 2.27.